The third-order valence-corrected chi connectivity index (χ3v) is 3.20. The van der Waals surface area contributed by atoms with Gasteiger partial charge in [-0.25, -0.2) is 0 Å². The van der Waals surface area contributed by atoms with Crippen molar-refractivity contribution >= 4 is 12.2 Å². The zero-order chi connectivity index (χ0) is 13.9. The van der Waals surface area contributed by atoms with Crippen LogP contribution in [0.2, 0.25) is 0 Å². The van der Waals surface area contributed by atoms with E-state index in [9.17, 15) is 9.59 Å². The summed E-state index contributed by atoms with van der Waals surface area (Å²) in [5.74, 6) is 0. The topological polar surface area (TPSA) is 34.1 Å². The van der Waals surface area contributed by atoms with Crippen molar-refractivity contribution in [1.82, 2.24) is 0 Å². The Kier molecular flexibility index (Phi) is 3.13. The fourth-order valence-corrected chi connectivity index (χ4v) is 2.13. The van der Waals surface area contributed by atoms with Gasteiger partial charge in [0.2, 0.25) is 10.9 Å². The largest absolute Gasteiger partial charge is 0.288 e. The Bertz CT molecular complexity index is 808. The lowest BCUT2D eigenvalue weighted by Gasteiger charge is -1.95. The summed E-state index contributed by atoms with van der Waals surface area (Å²) in [5.41, 5.74) is 1.37. The van der Waals surface area contributed by atoms with E-state index in [1.807, 2.05) is 60.7 Å². The molecule has 0 atom stereocenters. The van der Waals surface area contributed by atoms with E-state index in [0.29, 0.717) is 0 Å². The molecule has 3 aromatic rings. The first-order chi connectivity index (χ1) is 9.75. The molecule has 0 amide bonds. The zero-order valence-electron chi connectivity index (χ0n) is 10.7. The van der Waals surface area contributed by atoms with Crippen molar-refractivity contribution in [2.24, 2.45) is 0 Å². The van der Waals surface area contributed by atoms with Crippen LogP contribution >= 0.6 is 0 Å². The van der Waals surface area contributed by atoms with Crippen molar-refractivity contribution < 1.29 is 0 Å². The van der Waals surface area contributed by atoms with Crippen LogP contribution in [0.25, 0.3) is 12.2 Å². The molecule has 0 N–H and O–H groups in total. The average molecular weight is 260 g/mol. The fourth-order valence-electron chi connectivity index (χ4n) is 2.13. The summed E-state index contributed by atoms with van der Waals surface area (Å²) in [6, 6.07) is 18.8. The molecular formula is C18H12O2. The lowest BCUT2D eigenvalue weighted by Crippen LogP contribution is -2.64. The summed E-state index contributed by atoms with van der Waals surface area (Å²) < 4.78 is 0. The number of benzene rings is 2. The maximum atomic E-state index is 12.0. The predicted molar refractivity (Wildman–Crippen MR) is 80.6 cm³/mol. The molecule has 3 aromatic carbocycles. The van der Waals surface area contributed by atoms with E-state index in [-0.39, 0.29) is 21.3 Å². The van der Waals surface area contributed by atoms with Gasteiger partial charge in [0.05, 0.1) is 10.4 Å². The number of hydrogen-bond acceptors (Lipinski definition) is 2. The van der Waals surface area contributed by atoms with Gasteiger partial charge in [-0.05, 0) is 23.3 Å². The molecule has 0 aromatic heterocycles. The van der Waals surface area contributed by atoms with Crippen molar-refractivity contribution in [3.63, 3.8) is 0 Å². The number of rotatable bonds is 2. The predicted octanol–water partition coefficient (Wildman–Crippen LogP) is 0.940. The smallest absolute Gasteiger partial charge is 0.200 e. The molecule has 20 heavy (non-hydrogen) atoms. The quantitative estimate of drug-likeness (QED) is 0.687. The Morgan fingerprint density at radius 3 is 1.25 bits per heavy atom. The normalized spacial score (nSPS) is 10.4. The van der Waals surface area contributed by atoms with Crippen molar-refractivity contribution in [2.75, 3.05) is 0 Å². The second-order valence-corrected chi connectivity index (χ2v) is 4.60. The van der Waals surface area contributed by atoms with Gasteiger partial charge in [0, 0.05) is 0 Å². The van der Waals surface area contributed by atoms with Crippen molar-refractivity contribution in [3.05, 3.63) is 103 Å². The van der Waals surface area contributed by atoms with Crippen LogP contribution < -0.4 is 21.3 Å². The second-order valence-electron chi connectivity index (χ2n) is 4.60. The fraction of sp³-hybridized carbons (Fsp3) is 0. The Balaban J connectivity index is 2.10. The van der Waals surface area contributed by atoms with Gasteiger partial charge in [-0.2, -0.15) is 0 Å². The summed E-state index contributed by atoms with van der Waals surface area (Å²) in [7, 11) is 0. The summed E-state index contributed by atoms with van der Waals surface area (Å²) in [4.78, 5) is 24.0. The van der Waals surface area contributed by atoms with E-state index in [2.05, 4.69) is 0 Å². The van der Waals surface area contributed by atoms with Crippen LogP contribution in [0.15, 0.2) is 70.3 Å². The molecule has 0 aliphatic heterocycles. The minimum Gasteiger partial charge on any atom is -0.288 e. The minimum absolute atomic E-state index is 0.178. The maximum absolute atomic E-state index is 12.0. The van der Waals surface area contributed by atoms with E-state index < -0.39 is 0 Å². The maximum Gasteiger partial charge on any atom is 0.200 e. The van der Waals surface area contributed by atoms with Crippen LogP contribution in [0.3, 0.4) is 0 Å². The van der Waals surface area contributed by atoms with Gasteiger partial charge in [0.15, 0.2) is 0 Å². The van der Waals surface area contributed by atoms with Gasteiger partial charge in [-0.1, -0.05) is 60.7 Å². The molecule has 0 saturated carbocycles. The molecule has 0 heterocycles. The third-order valence-electron chi connectivity index (χ3n) is 3.20. The molecule has 0 unspecified atom stereocenters. The molecule has 0 fully saturated rings. The molecule has 0 saturated heterocycles. The van der Waals surface area contributed by atoms with Gasteiger partial charge in [0.1, 0.15) is 0 Å². The molecule has 0 bridgehead atoms. The highest BCUT2D eigenvalue weighted by Crippen LogP contribution is 1.98. The first-order valence-electron chi connectivity index (χ1n) is 6.38. The van der Waals surface area contributed by atoms with Crippen LogP contribution in [-0.4, -0.2) is 0 Å². The highest BCUT2D eigenvalue weighted by molar-refractivity contribution is 5.54. The minimum atomic E-state index is -0.178. The van der Waals surface area contributed by atoms with Crippen LogP contribution in [0.5, 0.6) is 0 Å². The molecule has 96 valence electrons. The molecular weight excluding hydrogens is 248 g/mol. The summed E-state index contributed by atoms with van der Waals surface area (Å²) in [5, 5.41) is 0.525. The number of hydrogen-bond donors (Lipinski definition) is 0. The first-order valence-corrected chi connectivity index (χ1v) is 6.38. The standard InChI is InChI=1S/C18H12O2/c19-17-15(11-13-7-3-1-4-8-13)18(20)16(17)12-14-9-5-2-6-10-14/h1-12H. The molecule has 0 aliphatic rings. The van der Waals surface area contributed by atoms with Crippen LogP contribution in [0, 0.1) is 0 Å². The Morgan fingerprint density at radius 1 is 0.550 bits per heavy atom. The molecule has 2 nitrogen and oxygen atoms in total. The summed E-state index contributed by atoms with van der Waals surface area (Å²) >= 11 is 0. The van der Waals surface area contributed by atoms with Gasteiger partial charge in [-0.15, -0.1) is 0 Å². The SMILES string of the molecule is O=c1c(=Cc2ccccc2)c(=O)c1=Cc1ccccc1. The van der Waals surface area contributed by atoms with Gasteiger partial charge >= 0.3 is 0 Å². The van der Waals surface area contributed by atoms with E-state index in [1.165, 1.54) is 0 Å². The van der Waals surface area contributed by atoms with Crippen molar-refractivity contribution in [3.8, 4) is 0 Å². The van der Waals surface area contributed by atoms with Crippen molar-refractivity contribution in [1.29, 1.82) is 0 Å². The summed E-state index contributed by atoms with van der Waals surface area (Å²) in [6.45, 7) is 0. The lowest BCUT2D eigenvalue weighted by atomic mass is 10.1. The van der Waals surface area contributed by atoms with Gasteiger partial charge < -0.3 is 0 Å². The Hall–Kier alpha value is -2.74. The Morgan fingerprint density at radius 2 is 0.900 bits per heavy atom. The van der Waals surface area contributed by atoms with Crippen LogP contribution in [0.1, 0.15) is 11.1 Å². The van der Waals surface area contributed by atoms with Gasteiger partial charge in [-0.3, -0.25) is 9.59 Å². The third kappa shape index (κ3) is 2.24. The van der Waals surface area contributed by atoms with Crippen LogP contribution in [0.4, 0.5) is 0 Å². The monoisotopic (exact) mass is 260 g/mol. The summed E-state index contributed by atoms with van der Waals surface area (Å²) in [6.07, 6.45) is 3.29. The van der Waals surface area contributed by atoms with E-state index in [1.54, 1.807) is 12.2 Å². The molecule has 0 radical (unpaired) electrons. The first kappa shape index (κ1) is 12.3. The second kappa shape index (κ2) is 5.10. The lowest BCUT2D eigenvalue weighted by molar-refractivity contribution is 1.26. The Labute approximate surface area is 115 Å². The zero-order valence-corrected chi connectivity index (χ0v) is 10.7. The van der Waals surface area contributed by atoms with Crippen LogP contribution in [-0.2, 0) is 0 Å². The molecule has 3 rings (SSSR count). The average Bonchev–Trinajstić information content (AvgIpc) is 2.52. The highest BCUT2D eigenvalue weighted by atomic mass is 16.1. The van der Waals surface area contributed by atoms with E-state index in [4.69, 9.17) is 0 Å². The van der Waals surface area contributed by atoms with Gasteiger partial charge in [0.25, 0.3) is 0 Å². The van der Waals surface area contributed by atoms with E-state index >= 15 is 0 Å². The molecule has 0 spiro atoms. The highest BCUT2D eigenvalue weighted by Gasteiger charge is 2.07. The van der Waals surface area contributed by atoms with Crippen molar-refractivity contribution in [2.45, 2.75) is 0 Å². The molecule has 0 aliphatic carbocycles. The van der Waals surface area contributed by atoms with E-state index in [0.717, 1.165) is 11.1 Å². The molecule has 2 heteroatoms.